The van der Waals surface area contributed by atoms with Crippen molar-refractivity contribution in [3.8, 4) is 0 Å². The highest BCUT2D eigenvalue weighted by Crippen LogP contribution is 2.18. The molecule has 1 fully saturated rings. The molecule has 170 valence electrons. The maximum Gasteiger partial charge on any atom is 0.251 e. The lowest BCUT2D eigenvalue weighted by molar-refractivity contribution is 0.0625. The average molecular weight is 530 g/mol. The number of hydrogen-bond acceptors (Lipinski definition) is 3. The minimum Gasteiger partial charge on any atom is -0.381 e. The molecular weight excluding hydrogens is 491 g/mol. The zero-order valence-electron chi connectivity index (χ0n) is 18.9. The van der Waals surface area contributed by atoms with Crippen LogP contribution >= 0.6 is 24.0 Å². The summed E-state index contributed by atoms with van der Waals surface area (Å²) in [5.41, 5.74) is 1.73. The van der Waals surface area contributed by atoms with Crippen LogP contribution in [0.4, 0.5) is 0 Å². The van der Waals surface area contributed by atoms with Crippen molar-refractivity contribution >= 4 is 35.8 Å². The van der Waals surface area contributed by atoms with E-state index in [1.165, 1.54) is 0 Å². The van der Waals surface area contributed by atoms with Gasteiger partial charge >= 0.3 is 0 Å². The number of benzene rings is 1. The van der Waals surface area contributed by atoms with Crippen molar-refractivity contribution in [1.82, 2.24) is 15.5 Å². The van der Waals surface area contributed by atoms with Gasteiger partial charge in [0.25, 0.3) is 5.91 Å². The van der Waals surface area contributed by atoms with E-state index in [9.17, 15) is 4.79 Å². The van der Waals surface area contributed by atoms with Gasteiger partial charge < -0.3 is 20.3 Å². The molecule has 1 aliphatic rings. The number of halogens is 1. The maximum atomic E-state index is 12.4. The second kappa shape index (κ2) is 14.6. The summed E-state index contributed by atoms with van der Waals surface area (Å²) in [7, 11) is 2.09. The summed E-state index contributed by atoms with van der Waals surface area (Å²) >= 11 is 0. The first-order valence-electron chi connectivity index (χ1n) is 11.0. The summed E-state index contributed by atoms with van der Waals surface area (Å²) in [5.74, 6) is 1.63. The summed E-state index contributed by atoms with van der Waals surface area (Å²) in [6, 6.07) is 7.92. The molecule has 1 amide bonds. The molecule has 1 heterocycles. The third kappa shape index (κ3) is 9.20. The lowest BCUT2D eigenvalue weighted by Gasteiger charge is -2.26. The number of nitrogens with zero attached hydrogens (tertiary/aromatic N) is 2. The number of carbonyl (C=O) groups excluding carboxylic acids is 1. The number of ether oxygens (including phenoxy) is 1. The maximum absolute atomic E-state index is 12.4. The Morgan fingerprint density at radius 2 is 2.03 bits per heavy atom. The van der Waals surface area contributed by atoms with Crippen molar-refractivity contribution in [2.24, 2.45) is 10.9 Å². The molecule has 1 aliphatic heterocycles. The minimum atomic E-state index is -0.0225. The van der Waals surface area contributed by atoms with Crippen LogP contribution in [0.5, 0.6) is 0 Å². The molecule has 0 radical (unpaired) electrons. The van der Waals surface area contributed by atoms with Crippen LogP contribution in [0.1, 0.15) is 62.4 Å². The molecule has 6 nitrogen and oxygen atoms in total. The van der Waals surface area contributed by atoms with Crippen molar-refractivity contribution in [1.29, 1.82) is 0 Å². The van der Waals surface area contributed by atoms with Crippen LogP contribution in [0.2, 0.25) is 0 Å². The smallest absolute Gasteiger partial charge is 0.251 e. The molecule has 1 aromatic rings. The van der Waals surface area contributed by atoms with E-state index in [0.717, 1.165) is 69.4 Å². The SMILES string of the molecule is CCNC(=NCc1cccc(C(=O)NC(C)CC)c1)N(C)CCC1CCOCC1.I. The fraction of sp³-hybridized carbons (Fsp3) is 0.652. The predicted molar refractivity (Wildman–Crippen MR) is 135 cm³/mol. The molecule has 1 atom stereocenters. The highest BCUT2D eigenvalue weighted by atomic mass is 127. The molecule has 7 heteroatoms. The largest absolute Gasteiger partial charge is 0.381 e. The Morgan fingerprint density at radius 1 is 1.30 bits per heavy atom. The first-order chi connectivity index (χ1) is 14.0. The van der Waals surface area contributed by atoms with Crippen molar-refractivity contribution in [3.05, 3.63) is 35.4 Å². The van der Waals surface area contributed by atoms with Gasteiger partial charge in [-0.3, -0.25) is 4.79 Å². The number of nitrogens with one attached hydrogen (secondary N) is 2. The van der Waals surface area contributed by atoms with Gasteiger partial charge in [0.1, 0.15) is 0 Å². The van der Waals surface area contributed by atoms with Crippen LogP contribution in [-0.4, -0.2) is 56.2 Å². The normalized spacial score (nSPS) is 15.8. The van der Waals surface area contributed by atoms with Gasteiger partial charge in [0.2, 0.25) is 0 Å². The number of aliphatic imine (C=N–C) groups is 1. The number of guanidine groups is 1. The fourth-order valence-electron chi connectivity index (χ4n) is 3.37. The first kappa shape index (κ1) is 26.7. The Morgan fingerprint density at radius 3 is 2.70 bits per heavy atom. The molecule has 0 aromatic heterocycles. The van der Waals surface area contributed by atoms with Crippen molar-refractivity contribution < 1.29 is 9.53 Å². The van der Waals surface area contributed by atoms with Gasteiger partial charge in [0, 0.05) is 45.0 Å². The molecule has 2 rings (SSSR count). The van der Waals surface area contributed by atoms with Crippen molar-refractivity contribution in [2.45, 2.75) is 59.0 Å². The molecule has 0 aliphatic carbocycles. The summed E-state index contributed by atoms with van der Waals surface area (Å²) in [4.78, 5) is 19.4. The van der Waals surface area contributed by atoms with Crippen LogP contribution in [0.15, 0.2) is 29.3 Å². The van der Waals surface area contributed by atoms with Gasteiger partial charge in [-0.05, 0) is 63.1 Å². The van der Waals surface area contributed by atoms with Crippen LogP contribution in [0.3, 0.4) is 0 Å². The van der Waals surface area contributed by atoms with Gasteiger partial charge in [-0.15, -0.1) is 24.0 Å². The standard InChI is InChI=1S/C23H38N4O2.HI/c1-5-18(3)26-22(28)21-9-7-8-20(16-21)17-25-23(24-6-2)27(4)13-10-19-11-14-29-15-12-19;/h7-9,16,18-19H,5-6,10-15,17H2,1-4H3,(H,24,25)(H,26,28);1H. The number of hydrogen-bond donors (Lipinski definition) is 2. The molecule has 2 N–H and O–H groups in total. The third-order valence-corrected chi connectivity index (χ3v) is 5.50. The summed E-state index contributed by atoms with van der Waals surface area (Å²) < 4.78 is 5.46. The van der Waals surface area contributed by atoms with Crippen LogP contribution in [0, 0.1) is 5.92 Å². The van der Waals surface area contributed by atoms with Crippen molar-refractivity contribution in [3.63, 3.8) is 0 Å². The van der Waals surface area contributed by atoms with E-state index >= 15 is 0 Å². The van der Waals surface area contributed by atoms with E-state index in [1.54, 1.807) is 0 Å². The van der Waals surface area contributed by atoms with E-state index in [-0.39, 0.29) is 35.9 Å². The van der Waals surface area contributed by atoms with Gasteiger partial charge in [0.15, 0.2) is 5.96 Å². The molecule has 1 saturated heterocycles. The van der Waals surface area contributed by atoms with Gasteiger partial charge in [0.05, 0.1) is 6.54 Å². The molecule has 0 spiro atoms. The number of amides is 1. The van der Waals surface area contributed by atoms with Gasteiger partial charge in [-0.25, -0.2) is 4.99 Å². The summed E-state index contributed by atoms with van der Waals surface area (Å²) in [6.45, 7) is 10.3. The number of carbonyl (C=O) groups is 1. The Labute approximate surface area is 199 Å². The van der Waals surface area contributed by atoms with E-state index < -0.39 is 0 Å². The average Bonchev–Trinajstić information content (AvgIpc) is 2.75. The van der Waals surface area contributed by atoms with E-state index in [0.29, 0.717) is 12.1 Å². The van der Waals surface area contributed by atoms with Crippen molar-refractivity contribution in [2.75, 3.05) is 33.4 Å². The third-order valence-electron chi connectivity index (χ3n) is 5.50. The Bertz CT molecular complexity index is 662. The summed E-state index contributed by atoms with van der Waals surface area (Å²) in [5, 5.41) is 6.40. The van der Waals surface area contributed by atoms with Crippen LogP contribution in [-0.2, 0) is 11.3 Å². The van der Waals surface area contributed by atoms with Gasteiger partial charge in [-0.2, -0.15) is 0 Å². The second-order valence-electron chi connectivity index (χ2n) is 7.92. The lowest BCUT2D eigenvalue weighted by atomic mass is 9.96. The monoisotopic (exact) mass is 530 g/mol. The van der Waals surface area contributed by atoms with Gasteiger partial charge in [-0.1, -0.05) is 19.1 Å². The Balaban J connectivity index is 0.00000450. The second-order valence-corrected chi connectivity index (χ2v) is 7.92. The number of rotatable bonds is 9. The topological polar surface area (TPSA) is 66.0 Å². The molecule has 0 bridgehead atoms. The van der Waals surface area contributed by atoms with Crippen LogP contribution < -0.4 is 10.6 Å². The highest BCUT2D eigenvalue weighted by molar-refractivity contribution is 14.0. The minimum absolute atomic E-state index is 0. The Hall–Kier alpha value is -1.35. The van der Waals surface area contributed by atoms with E-state index in [2.05, 4.69) is 36.4 Å². The Kier molecular flexibility index (Phi) is 13.0. The van der Waals surface area contributed by atoms with Crippen LogP contribution in [0.25, 0.3) is 0 Å². The fourth-order valence-corrected chi connectivity index (χ4v) is 3.37. The molecule has 1 unspecified atom stereocenters. The van der Waals surface area contributed by atoms with E-state index in [4.69, 9.17) is 9.73 Å². The predicted octanol–water partition coefficient (Wildman–Crippen LogP) is 4.05. The zero-order valence-corrected chi connectivity index (χ0v) is 21.3. The first-order valence-corrected chi connectivity index (χ1v) is 11.0. The molecule has 1 aromatic carbocycles. The molecule has 30 heavy (non-hydrogen) atoms. The lowest BCUT2D eigenvalue weighted by Crippen LogP contribution is -2.40. The summed E-state index contributed by atoms with van der Waals surface area (Å²) in [6.07, 6.45) is 4.40. The molecular formula is C23H39IN4O2. The highest BCUT2D eigenvalue weighted by Gasteiger charge is 2.15. The zero-order chi connectivity index (χ0) is 21.1. The molecule has 0 saturated carbocycles. The quantitative estimate of drug-likeness (QED) is 0.287. The van der Waals surface area contributed by atoms with E-state index in [1.807, 2.05) is 31.2 Å².